The van der Waals surface area contributed by atoms with Crippen molar-refractivity contribution in [3.63, 3.8) is 0 Å². The van der Waals surface area contributed by atoms with Crippen LogP contribution in [0.2, 0.25) is 0 Å². The molecule has 11 heteroatoms. The molecule has 0 rings (SSSR count). The minimum atomic E-state index is -1.42. The van der Waals surface area contributed by atoms with Gasteiger partial charge in [0.2, 0.25) is 0 Å². The van der Waals surface area contributed by atoms with Gasteiger partial charge in [0.15, 0.2) is 0 Å². The summed E-state index contributed by atoms with van der Waals surface area (Å²) in [7, 11) is -2.83. The molecule has 0 N–H and O–H groups in total. The molecule has 0 bridgehead atoms. The maximum Gasteiger partial charge on any atom is 3.00 e. The Bertz CT molecular complexity index is 68.4. The maximum absolute atomic E-state index is 8.40. The van der Waals surface area contributed by atoms with Crippen LogP contribution in [0.25, 0.3) is 0 Å². The van der Waals surface area contributed by atoms with Gasteiger partial charge in [0.1, 0.15) is 0 Å². The summed E-state index contributed by atoms with van der Waals surface area (Å²) in [6.07, 6.45) is 0. The standard InChI is InChI=1S/2Fe.2O2Si.3O/c;;2*1-3-2;;;/q2*+3;;;3*-2. The monoisotopic (exact) mass is 280 g/mol. The van der Waals surface area contributed by atoms with Crippen LogP contribution in [-0.2, 0) is 68.4 Å². The Kier molecular flexibility index (Phi) is 834. The third-order valence-electron chi connectivity index (χ3n) is 0. The van der Waals surface area contributed by atoms with Gasteiger partial charge in [-0.3, -0.25) is 17.8 Å². The summed E-state index contributed by atoms with van der Waals surface area (Å²) in [5.41, 5.74) is 0. The summed E-state index contributed by atoms with van der Waals surface area (Å²) in [6.45, 7) is 0. The van der Waals surface area contributed by atoms with E-state index in [1.807, 2.05) is 0 Å². The molecule has 2 radical (unpaired) electrons. The third-order valence-corrected chi connectivity index (χ3v) is 0. The van der Waals surface area contributed by atoms with E-state index in [1.54, 1.807) is 0 Å². The number of hydrogen-bond acceptors (Lipinski definition) is 4. The molecule has 0 aliphatic carbocycles. The average Bonchev–Trinajstić information content (AvgIpc) is 1.39. The first-order valence-electron chi connectivity index (χ1n) is 0.816. The van der Waals surface area contributed by atoms with Gasteiger partial charge in [0, 0.05) is 0 Å². The third kappa shape index (κ3) is 2530. The second-order valence-electron chi connectivity index (χ2n) is 0.167. The van der Waals surface area contributed by atoms with Crippen molar-refractivity contribution in [3.8, 4) is 0 Å². The molecular weight excluding hydrogens is 280 g/mol. The van der Waals surface area contributed by atoms with Crippen LogP contribution in [0.15, 0.2) is 0 Å². The van der Waals surface area contributed by atoms with Gasteiger partial charge in [-0.15, -0.1) is 0 Å². The van der Waals surface area contributed by atoms with Gasteiger partial charge in [-0.25, -0.2) is 0 Å². The van der Waals surface area contributed by atoms with Crippen molar-refractivity contribution < 1.29 is 68.4 Å². The average molecular weight is 280 g/mol. The van der Waals surface area contributed by atoms with Gasteiger partial charge < -0.3 is 16.4 Å². The van der Waals surface area contributed by atoms with Gasteiger partial charge in [0.25, 0.3) is 0 Å². The van der Waals surface area contributed by atoms with Gasteiger partial charge >= 0.3 is 52.7 Å². The zero-order valence-corrected chi connectivity index (χ0v) is 8.77. The Labute approximate surface area is 87.1 Å². The molecular formula is Fe2O7Si2. The summed E-state index contributed by atoms with van der Waals surface area (Å²) in [5, 5.41) is 0. The summed E-state index contributed by atoms with van der Waals surface area (Å²) in [4.78, 5) is 0. The van der Waals surface area contributed by atoms with Crippen LogP contribution >= 0.6 is 0 Å². The van der Waals surface area contributed by atoms with Crippen LogP contribution in [-0.4, -0.2) is 18.6 Å². The molecule has 7 nitrogen and oxygen atoms in total. The Morgan fingerprint density at radius 3 is 0.545 bits per heavy atom. The Morgan fingerprint density at radius 2 is 0.545 bits per heavy atom. The largest absolute Gasteiger partial charge is 3.00 e. The van der Waals surface area contributed by atoms with E-state index < -0.39 is 18.6 Å². The van der Waals surface area contributed by atoms with E-state index in [-0.39, 0.29) is 50.6 Å². The van der Waals surface area contributed by atoms with Crippen LogP contribution in [0.4, 0.5) is 0 Å². The van der Waals surface area contributed by atoms with Gasteiger partial charge in [0.05, 0.1) is 0 Å². The molecule has 0 atom stereocenters. The SMILES string of the molecule is O=[Si]=O.O=[Si]=O.[Fe+3].[Fe+3].[O-2].[O-2].[O-2]. The fraction of sp³-hybridized carbons (Fsp3) is 0. The van der Waals surface area contributed by atoms with E-state index in [0.29, 0.717) is 0 Å². The smallest absolute Gasteiger partial charge is 2.00 e. The molecule has 0 fully saturated rings. The molecule has 0 aliphatic heterocycles. The molecule has 0 aromatic carbocycles. The molecule has 0 unspecified atom stereocenters. The predicted octanol–water partition coefficient (Wildman–Crippen LogP) is -1.60. The first kappa shape index (κ1) is 62.1. The molecule has 0 aromatic rings. The van der Waals surface area contributed by atoms with E-state index in [9.17, 15) is 0 Å². The van der Waals surface area contributed by atoms with Gasteiger partial charge in [-0.1, -0.05) is 0 Å². The van der Waals surface area contributed by atoms with Crippen molar-refractivity contribution in [2.45, 2.75) is 0 Å². The van der Waals surface area contributed by atoms with Gasteiger partial charge in [-0.2, -0.15) is 0 Å². The van der Waals surface area contributed by atoms with E-state index in [2.05, 4.69) is 0 Å². The predicted molar refractivity (Wildman–Crippen MR) is 16.3 cm³/mol. The second kappa shape index (κ2) is 148. The second-order valence-corrected chi connectivity index (χ2v) is 0.500. The van der Waals surface area contributed by atoms with E-state index in [0.717, 1.165) is 0 Å². The van der Waals surface area contributed by atoms with E-state index in [4.69, 9.17) is 17.8 Å². The van der Waals surface area contributed by atoms with Crippen LogP contribution in [0.3, 0.4) is 0 Å². The molecule has 0 saturated carbocycles. The molecule has 0 spiro atoms. The Morgan fingerprint density at radius 1 is 0.545 bits per heavy atom. The summed E-state index contributed by atoms with van der Waals surface area (Å²) in [6, 6.07) is 0. The molecule has 0 aliphatic rings. The van der Waals surface area contributed by atoms with Crippen molar-refractivity contribution in [1.29, 1.82) is 0 Å². The summed E-state index contributed by atoms with van der Waals surface area (Å²) in [5.74, 6) is 0. The van der Waals surface area contributed by atoms with E-state index >= 15 is 0 Å². The quantitative estimate of drug-likeness (QED) is 0.490. The topological polar surface area (TPSA) is 154 Å². The van der Waals surface area contributed by atoms with Crippen molar-refractivity contribution in [1.82, 2.24) is 0 Å². The number of hydrogen-bond donors (Lipinski definition) is 0. The zero-order chi connectivity index (χ0) is 5.41. The molecule has 0 amide bonds. The molecule has 0 heterocycles. The summed E-state index contributed by atoms with van der Waals surface area (Å²) >= 11 is 0. The van der Waals surface area contributed by atoms with Crippen molar-refractivity contribution in [3.05, 3.63) is 0 Å². The molecule has 0 saturated heterocycles. The van der Waals surface area contributed by atoms with Crippen molar-refractivity contribution in [2.75, 3.05) is 0 Å². The van der Waals surface area contributed by atoms with Crippen LogP contribution < -0.4 is 0 Å². The maximum atomic E-state index is 8.40. The fourth-order valence-electron chi connectivity index (χ4n) is 0. The zero-order valence-electron chi connectivity index (χ0n) is 4.56. The minimum Gasteiger partial charge on any atom is -2.00 e. The fourth-order valence-corrected chi connectivity index (χ4v) is 0. The van der Waals surface area contributed by atoms with Crippen LogP contribution in [0, 0.1) is 0 Å². The first-order chi connectivity index (χ1) is 2.83. The van der Waals surface area contributed by atoms with Crippen molar-refractivity contribution >= 4 is 18.6 Å². The summed E-state index contributed by atoms with van der Waals surface area (Å²) < 4.78 is 33.6. The van der Waals surface area contributed by atoms with Crippen LogP contribution in [0.1, 0.15) is 0 Å². The van der Waals surface area contributed by atoms with E-state index in [1.165, 1.54) is 0 Å². The van der Waals surface area contributed by atoms with Crippen molar-refractivity contribution in [2.24, 2.45) is 0 Å². The molecule has 0 aromatic heterocycles. The molecule has 66 valence electrons. The number of rotatable bonds is 0. The Hall–Kier alpha value is 0.553. The first-order valence-corrected chi connectivity index (χ1v) is 2.45. The molecule has 11 heavy (non-hydrogen) atoms. The minimum absolute atomic E-state index is 0. The normalized spacial score (nSPS) is 1.45. The van der Waals surface area contributed by atoms with Crippen LogP contribution in [0.5, 0.6) is 0 Å². The Balaban J connectivity index is -0.00000000400. The van der Waals surface area contributed by atoms with Gasteiger partial charge in [-0.05, 0) is 0 Å².